The summed E-state index contributed by atoms with van der Waals surface area (Å²) in [6, 6.07) is 0. The molecule has 0 atom stereocenters. The van der Waals surface area contributed by atoms with Crippen LogP contribution in [0.1, 0.15) is 52.4 Å². The minimum absolute atomic E-state index is 0.949. The highest BCUT2D eigenvalue weighted by molar-refractivity contribution is 4.96. The zero-order valence-electron chi connectivity index (χ0n) is 9.26. The quantitative estimate of drug-likeness (QED) is 0.474. The maximum atomic E-state index is 3.66. The molecule has 0 rings (SSSR count). The Labute approximate surface area is 83.7 Å². The summed E-state index contributed by atoms with van der Waals surface area (Å²) in [5.74, 6) is 0.949. The Morgan fingerprint density at radius 2 is 1.69 bits per heavy atom. The summed E-state index contributed by atoms with van der Waals surface area (Å²) >= 11 is 0. The highest BCUT2D eigenvalue weighted by Crippen LogP contribution is 2.19. The monoisotopic (exact) mass is 180 g/mol. The van der Waals surface area contributed by atoms with Gasteiger partial charge in [-0.1, -0.05) is 64.3 Å². The first-order valence-electron chi connectivity index (χ1n) is 5.62. The maximum Gasteiger partial charge on any atom is -0.0345 e. The van der Waals surface area contributed by atoms with Crippen LogP contribution < -0.4 is 0 Å². The summed E-state index contributed by atoms with van der Waals surface area (Å²) in [6.07, 6.45) is 14.2. The molecule has 0 spiro atoms. The van der Waals surface area contributed by atoms with Crippen LogP contribution >= 0.6 is 0 Å². The van der Waals surface area contributed by atoms with Gasteiger partial charge in [0.25, 0.3) is 0 Å². The largest absolute Gasteiger partial charge is 0.0991 e. The molecular formula is C13H24. The van der Waals surface area contributed by atoms with E-state index in [0.29, 0.717) is 0 Å². The second-order valence-electron chi connectivity index (χ2n) is 3.68. The molecule has 0 saturated carbocycles. The van der Waals surface area contributed by atoms with E-state index < -0.39 is 0 Å². The normalized spacial score (nSPS) is 11.3. The second kappa shape index (κ2) is 9.57. The predicted molar refractivity (Wildman–Crippen MR) is 61.9 cm³/mol. The molecule has 0 aromatic carbocycles. The SMILES string of the molecule is C=CC=CCCC(CCC)CCC. The molecule has 13 heavy (non-hydrogen) atoms. The number of allylic oxidation sites excluding steroid dienone is 3. The molecule has 0 aliphatic carbocycles. The van der Waals surface area contributed by atoms with E-state index in [2.05, 4.69) is 32.6 Å². The van der Waals surface area contributed by atoms with Gasteiger partial charge in [-0.15, -0.1) is 0 Å². The zero-order chi connectivity index (χ0) is 9.94. The van der Waals surface area contributed by atoms with Crippen molar-refractivity contribution >= 4 is 0 Å². The van der Waals surface area contributed by atoms with Crippen molar-refractivity contribution in [1.82, 2.24) is 0 Å². The van der Waals surface area contributed by atoms with Crippen LogP contribution in [0, 0.1) is 5.92 Å². The van der Waals surface area contributed by atoms with E-state index in [1.807, 2.05) is 6.08 Å². The van der Waals surface area contributed by atoms with Crippen LogP contribution in [0.25, 0.3) is 0 Å². The number of hydrogen-bond donors (Lipinski definition) is 0. The lowest BCUT2D eigenvalue weighted by Gasteiger charge is -2.13. The summed E-state index contributed by atoms with van der Waals surface area (Å²) in [7, 11) is 0. The molecule has 0 fully saturated rings. The molecule has 0 amide bonds. The Morgan fingerprint density at radius 1 is 1.08 bits per heavy atom. The van der Waals surface area contributed by atoms with Gasteiger partial charge in [0.05, 0.1) is 0 Å². The fourth-order valence-electron chi connectivity index (χ4n) is 1.77. The first-order chi connectivity index (χ1) is 6.35. The molecule has 0 unspecified atom stereocenters. The summed E-state index contributed by atoms with van der Waals surface area (Å²) < 4.78 is 0. The molecule has 0 aliphatic heterocycles. The molecule has 76 valence electrons. The average Bonchev–Trinajstić information content (AvgIpc) is 2.13. The fourth-order valence-corrected chi connectivity index (χ4v) is 1.77. The molecule has 0 radical (unpaired) electrons. The molecule has 0 bridgehead atoms. The van der Waals surface area contributed by atoms with Crippen LogP contribution in [0.2, 0.25) is 0 Å². The minimum atomic E-state index is 0.949. The molecule has 0 heteroatoms. The Morgan fingerprint density at radius 3 is 2.15 bits per heavy atom. The highest BCUT2D eigenvalue weighted by atomic mass is 14.1. The highest BCUT2D eigenvalue weighted by Gasteiger charge is 2.04. The Kier molecular flexibility index (Phi) is 9.18. The van der Waals surface area contributed by atoms with Crippen LogP contribution in [0.15, 0.2) is 24.8 Å². The molecule has 0 N–H and O–H groups in total. The lowest BCUT2D eigenvalue weighted by atomic mass is 9.93. The van der Waals surface area contributed by atoms with Crippen molar-refractivity contribution < 1.29 is 0 Å². The van der Waals surface area contributed by atoms with Crippen molar-refractivity contribution in [3.63, 3.8) is 0 Å². The predicted octanol–water partition coefficient (Wildman–Crippen LogP) is 4.73. The lowest BCUT2D eigenvalue weighted by Crippen LogP contribution is -1.98. The molecule has 0 aromatic heterocycles. The summed E-state index contributed by atoms with van der Waals surface area (Å²) in [5, 5.41) is 0. The van der Waals surface area contributed by atoms with Crippen LogP contribution in [-0.4, -0.2) is 0 Å². The van der Waals surface area contributed by atoms with Crippen LogP contribution in [0.3, 0.4) is 0 Å². The third-order valence-corrected chi connectivity index (χ3v) is 2.41. The first-order valence-corrected chi connectivity index (χ1v) is 5.62. The van der Waals surface area contributed by atoms with Gasteiger partial charge in [0, 0.05) is 0 Å². The van der Waals surface area contributed by atoms with Gasteiger partial charge in [-0.3, -0.25) is 0 Å². The Hall–Kier alpha value is -0.520. The van der Waals surface area contributed by atoms with Gasteiger partial charge in [-0.25, -0.2) is 0 Å². The van der Waals surface area contributed by atoms with Crippen LogP contribution in [0.5, 0.6) is 0 Å². The lowest BCUT2D eigenvalue weighted by molar-refractivity contribution is 0.414. The van der Waals surface area contributed by atoms with E-state index in [0.717, 1.165) is 5.92 Å². The summed E-state index contributed by atoms with van der Waals surface area (Å²) in [4.78, 5) is 0. The third kappa shape index (κ3) is 7.83. The minimum Gasteiger partial charge on any atom is -0.0991 e. The molecule has 0 aromatic rings. The molecule has 0 nitrogen and oxygen atoms in total. The molecule has 0 saturated heterocycles. The van der Waals surface area contributed by atoms with E-state index in [1.54, 1.807) is 0 Å². The van der Waals surface area contributed by atoms with Gasteiger partial charge in [0.15, 0.2) is 0 Å². The number of hydrogen-bond acceptors (Lipinski definition) is 0. The third-order valence-electron chi connectivity index (χ3n) is 2.41. The standard InChI is InChI=1S/C13H24/c1-4-7-8-9-12-13(10-5-2)11-6-3/h4,7-8,13H,1,5-6,9-12H2,2-3H3. The van der Waals surface area contributed by atoms with Crippen molar-refractivity contribution in [3.05, 3.63) is 24.8 Å². The van der Waals surface area contributed by atoms with Crippen molar-refractivity contribution in [1.29, 1.82) is 0 Å². The summed E-state index contributed by atoms with van der Waals surface area (Å²) in [5.41, 5.74) is 0. The van der Waals surface area contributed by atoms with Gasteiger partial charge in [0.2, 0.25) is 0 Å². The van der Waals surface area contributed by atoms with E-state index in [9.17, 15) is 0 Å². The fraction of sp³-hybridized carbons (Fsp3) is 0.692. The van der Waals surface area contributed by atoms with E-state index in [-0.39, 0.29) is 0 Å². The second-order valence-corrected chi connectivity index (χ2v) is 3.68. The van der Waals surface area contributed by atoms with E-state index >= 15 is 0 Å². The van der Waals surface area contributed by atoms with Crippen molar-refractivity contribution in [2.45, 2.75) is 52.4 Å². The molecule has 0 heterocycles. The first kappa shape index (κ1) is 12.5. The zero-order valence-corrected chi connectivity index (χ0v) is 9.26. The van der Waals surface area contributed by atoms with Gasteiger partial charge < -0.3 is 0 Å². The van der Waals surface area contributed by atoms with E-state index in [4.69, 9.17) is 0 Å². The van der Waals surface area contributed by atoms with Crippen molar-refractivity contribution in [2.75, 3.05) is 0 Å². The van der Waals surface area contributed by atoms with Crippen LogP contribution in [-0.2, 0) is 0 Å². The Balaban J connectivity index is 3.54. The van der Waals surface area contributed by atoms with Crippen molar-refractivity contribution in [3.8, 4) is 0 Å². The van der Waals surface area contributed by atoms with Gasteiger partial charge in [-0.2, -0.15) is 0 Å². The maximum absolute atomic E-state index is 3.66. The molecule has 0 aliphatic rings. The van der Waals surface area contributed by atoms with Gasteiger partial charge in [-0.05, 0) is 18.8 Å². The van der Waals surface area contributed by atoms with Crippen molar-refractivity contribution in [2.24, 2.45) is 5.92 Å². The molecular weight excluding hydrogens is 156 g/mol. The topological polar surface area (TPSA) is 0 Å². The van der Waals surface area contributed by atoms with Gasteiger partial charge >= 0.3 is 0 Å². The van der Waals surface area contributed by atoms with Gasteiger partial charge in [0.1, 0.15) is 0 Å². The summed E-state index contributed by atoms with van der Waals surface area (Å²) in [6.45, 7) is 8.22. The average molecular weight is 180 g/mol. The number of rotatable bonds is 8. The Bertz CT molecular complexity index is 127. The van der Waals surface area contributed by atoms with Crippen LogP contribution in [0.4, 0.5) is 0 Å². The van der Waals surface area contributed by atoms with E-state index in [1.165, 1.54) is 38.5 Å². The smallest absolute Gasteiger partial charge is 0.0345 e.